The van der Waals surface area contributed by atoms with Crippen molar-refractivity contribution in [2.24, 2.45) is 23.5 Å². The summed E-state index contributed by atoms with van der Waals surface area (Å²) in [5.74, 6) is 2.67. The first kappa shape index (κ1) is 11.4. The lowest BCUT2D eigenvalue weighted by Gasteiger charge is -2.45. The van der Waals surface area contributed by atoms with Gasteiger partial charge in [0, 0.05) is 19.1 Å². The normalized spacial score (nSPS) is 36.2. The molecule has 2 heteroatoms. The maximum Gasteiger partial charge on any atom is 0.0246 e. The Balaban J connectivity index is 1.90. The van der Waals surface area contributed by atoms with E-state index < -0.39 is 0 Å². The molecule has 15 heavy (non-hydrogen) atoms. The van der Waals surface area contributed by atoms with Gasteiger partial charge in [0.2, 0.25) is 0 Å². The van der Waals surface area contributed by atoms with Crippen LogP contribution in [0.1, 0.15) is 39.5 Å². The van der Waals surface area contributed by atoms with Gasteiger partial charge in [-0.1, -0.05) is 20.3 Å². The molecular weight excluding hydrogens is 184 g/mol. The molecule has 1 saturated carbocycles. The Morgan fingerprint density at radius 3 is 2.40 bits per heavy atom. The minimum absolute atomic E-state index is 0.689. The van der Waals surface area contributed by atoms with Crippen LogP contribution in [0.15, 0.2) is 0 Å². The SMILES string of the molecule is CC1CCN(C(CN)C2CCC2)CC1C. The molecule has 0 aromatic carbocycles. The second kappa shape index (κ2) is 4.84. The molecule has 3 atom stereocenters. The highest BCUT2D eigenvalue weighted by Gasteiger charge is 2.33. The lowest BCUT2D eigenvalue weighted by atomic mass is 9.77. The van der Waals surface area contributed by atoms with E-state index in [2.05, 4.69) is 18.7 Å². The zero-order chi connectivity index (χ0) is 10.8. The van der Waals surface area contributed by atoms with Gasteiger partial charge in [0.1, 0.15) is 0 Å². The van der Waals surface area contributed by atoms with Gasteiger partial charge in [0.05, 0.1) is 0 Å². The van der Waals surface area contributed by atoms with Crippen LogP contribution in [0, 0.1) is 17.8 Å². The van der Waals surface area contributed by atoms with Gasteiger partial charge < -0.3 is 5.73 Å². The van der Waals surface area contributed by atoms with Crippen molar-refractivity contribution in [1.82, 2.24) is 4.90 Å². The topological polar surface area (TPSA) is 29.3 Å². The van der Waals surface area contributed by atoms with Gasteiger partial charge in [-0.3, -0.25) is 4.90 Å². The first-order valence-corrected chi connectivity index (χ1v) is 6.66. The first-order chi connectivity index (χ1) is 7.22. The van der Waals surface area contributed by atoms with E-state index in [1.54, 1.807) is 0 Å². The average Bonchev–Trinajstić information content (AvgIpc) is 2.16. The molecule has 2 nitrogen and oxygen atoms in total. The number of nitrogens with two attached hydrogens (primary N) is 1. The standard InChI is InChI=1S/C13H26N2/c1-10-6-7-15(9-11(10)2)13(8-14)12-4-3-5-12/h10-13H,3-9,14H2,1-2H3. The lowest BCUT2D eigenvalue weighted by molar-refractivity contribution is 0.0461. The number of likely N-dealkylation sites (tertiary alicyclic amines) is 1. The fourth-order valence-electron chi connectivity index (χ4n) is 3.06. The number of piperidine rings is 1. The zero-order valence-corrected chi connectivity index (χ0v) is 10.3. The number of hydrogen-bond acceptors (Lipinski definition) is 2. The van der Waals surface area contributed by atoms with Crippen LogP contribution in [0.5, 0.6) is 0 Å². The van der Waals surface area contributed by atoms with Crippen LogP contribution in [0.3, 0.4) is 0 Å². The van der Waals surface area contributed by atoms with Crippen LogP contribution in [-0.4, -0.2) is 30.6 Å². The molecule has 0 radical (unpaired) electrons. The van der Waals surface area contributed by atoms with E-state index in [9.17, 15) is 0 Å². The van der Waals surface area contributed by atoms with Crippen molar-refractivity contribution >= 4 is 0 Å². The average molecular weight is 210 g/mol. The second-order valence-electron chi connectivity index (χ2n) is 5.73. The largest absolute Gasteiger partial charge is 0.329 e. The van der Waals surface area contributed by atoms with Gasteiger partial charge >= 0.3 is 0 Å². The summed E-state index contributed by atoms with van der Waals surface area (Å²) in [7, 11) is 0. The van der Waals surface area contributed by atoms with Gasteiger partial charge in [-0.25, -0.2) is 0 Å². The van der Waals surface area contributed by atoms with E-state index in [0.717, 1.165) is 24.3 Å². The molecule has 1 heterocycles. The van der Waals surface area contributed by atoms with Crippen molar-refractivity contribution in [3.05, 3.63) is 0 Å². The van der Waals surface area contributed by atoms with Gasteiger partial charge in [0.15, 0.2) is 0 Å². The molecule has 0 aromatic heterocycles. The highest BCUT2D eigenvalue weighted by Crippen LogP contribution is 2.34. The summed E-state index contributed by atoms with van der Waals surface area (Å²) in [5.41, 5.74) is 5.95. The highest BCUT2D eigenvalue weighted by molar-refractivity contribution is 4.88. The number of rotatable bonds is 3. The van der Waals surface area contributed by atoms with E-state index in [1.807, 2.05) is 0 Å². The third kappa shape index (κ3) is 2.36. The molecular formula is C13H26N2. The third-order valence-corrected chi connectivity index (χ3v) is 4.77. The van der Waals surface area contributed by atoms with Crippen molar-refractivity contribution in [2.75, 3.05) is 19.6 Å². The van der Waals surface area contributed by atoms with Gasteiger partial charge in [-0.2, -0.15) is 0 Å². The van der Waals surface area contributed by atoms with Crippen LogP contribution in [0.4, 0.5) is 0 Å². The predicted molar refractivity (Wildman–Crippen MR) is 64.7 cm³/mol. The summed E-state index contributed by atoms with van der Waals surface area (Å²) in [4.78, 5) is 2.68. The van der Waals surface area contributed by atoms with Crippen molar-refractivity contribution in [2.45, 2.75) is 45.6 Å². The van der Waals surface area contributed by atoms with Crippen LogP contribution in [0.25, 0.3) is 0 Å². The fourth-order valence-corrected chi connectivity index (χ4v) is 3.06. The Morgan fingerprint density at radius 2 is 1.93 bits per heavy atom. The first-order valence-electron chi connectivity index (χ1n) is 6.66. The smallest absolute Gasteiger partial charge is 0.0246 e. The van der Waals surface area contributed by atoms with Crippen molar-refractivity contribution in [3.8, 4) is 0 Å². The summed E-state index contributed by atoms with van der Waals surface area (Å²) in [6.45, 7) is 8.21. The van der Waals surface area contributed by atoms with E-state index >= 15 is 0 Å². The summed E-state index contributed by atoms with van der Waals surface area (Å²) in [6, 6.07) is 0.689. The molecule has 88 valence electrons. The molecule has 1 aliphatic heterocycles. The van der Waals surface area contributed by atoms with Crippen LogP contribution in [0.2, 0.25) is 0 Å². The molecule has 2 N–H and O–H groups in total. The summed E-state index contributed by atoms with van der Waals surface area (Å²) in [6.07, 6.45) is 5.63. The number of nitrogens with zero attached hydrogens (tertiary/aromatic N) is 1. The molecule has 0 spiro atoms. The summed E-state index contributed by atoms with van der Waals surface area (Å²) in [5, 5.41) is 0. The lowest BCUT2D eigenvalue weighted by Crippen LogP contribution is -2.52. The Morgan fingerprint density at radius 1 is 1.20 bits per heavy atom. The van der Waals surface area contributed by atoms with Crippen LogP contribution < -0.4 is 5.73 Å². The minimum Gasteiger partial charge on any atom is -0.329 e. The zero-order valence-electron chi connectivity index (χ0n) is 10.3. The summed E-state index contributed by atoms with van der Waals surface area (Å²) >= 11 is 0. The van der Waals surface area contributed by atoms with E-state index in [1.165, 1.54) is 38.8 Å². The molecule has 1 aliphatic carbocycles. The summed E-state index contributed by atoms with van der Waals surface area (Å²) < 4.78 is 0. The van der Waals surface area contributed by atoms with E-state index in [-0.39, 0.29) is 0 Å². The number of hydrogen-bond donors (Lipinski definition) is 1. The molecule has 2 fully saturated rings. The van der Waals surface area contributed by atoms with Gasteiger partial charge in [-0.15, -0.1) is 0 Å². The highest BCUT2D eigenvalue weighted by atomic mass is 15.2. The van der Waals surface area contributed by atoms with Crippen molar-refractivity contribution in [3.63, 3.8) is 0 Å². The maximum atomic E-state index is 5.95. The third-order valence-electron chi connectivity index (χ3n) is 4.77. The van der Waals surface area contributed by atoms with Crippen LogP contribution >= 0.6 is 0 Å². The van der Waals surface area contributed by atoms with Gasteiger partial charge in [0.25, 0.3) is 0 Å². The predicted octanol–water partition coefficient (Wildman–Crippen LogP) is 2.09. The fraction of sp³-hybridized carbons (Fsp3) is 1.00. The maximum absolute atomic E-state index is 5.95. The Labute approximate surface area is 94.2 Å². The Bertz CT molecular complexity index is 201. The molecule has 2 aliphatic rings. The van der Waals surface area contributed by atoms with Crippen LogP contribution in [-0.2, 0) is 0 Å². The van der Waals surface area contributed by atoms with E-state index in [4.69, 9.17) is 5.73 Å². The molecule has 2 rings (SSSR count). The molecule has 0 aromatic rings. The molecule has 1 saturated heterocycles. The molecule has 0 amide bonds. The van der Waals surface area contributed by atoms with E-state index in [0.29, 0.717) is 6.04 Å². The van der Waals surface area contributed by atoms with Crippen molar-refractivity contribution in [1.29, 1.82) is 0 Å². The quantitative estimate of drug-likeness (QED) is 0.773. The monoisotopic (exact) mass is 210 g/mol. The minimum atomic E-state index is 0.689. The molecule has 0 bridgehead atoms. The molecule has 3 unspecified atom stereocenters. The Hall–Kier alpha value is -0.0800. The van der Waals surface area contributed by atoms with Crippen molar-refractivity contribution < 1.29 is 0 Å². The Kier molecular flexibility index (Phi) is 3.68. The second-order valence-corrected chi connectivity index (χ2v) is 5.73. The van der Waals surface area contributed by atoms with Gasteiger partial charge in [-0.05, 0) is 43.6 Å².